The Morgan fingerprint density at radius 1 is 1.33 bits per heavy atom. The third-order valence-electron chi connectivity index (χ3n) is 3.86. The van der Waals surface area contributed by atoms with Gasteiger partial charge in [-0.25, -0.2) is 9.37 Å². The molecule has 0 bridgehead atoms. The van der Waals surface area contributed by atoms with Crippen molar-refractivity contribution in [2.24, 2.45) is 0 Å². The Morgan fingerprint density at radius 2 is 2.10 bits per heavy atom. The number of rotatable bonds is 4. The number of hydrogen-bond donors (Lipinski definition) is 1. The largest absolute Gasteiger partial charge is 0.377 e. The molecule has 0 amide bonds. The van der Waals surface area contributed by atoms with Gasteiger partial charge in [0.2, 0.25) is 0 Å². The van der Waals surface area contributed by atoms with Gasteiger partial charge in [-0.1, -0.05) is 0 Å². The fourth-order valence-electron chi connectivity index (χ4n) is 2.71. The Kier molecular flexibility index (Phi) is 4.10. The fraction of sp³-hybridized carbons (Fsp3) is 0.438. The molecule has 3 nitrogen and oxygen atoms in total. The van der Waals surface area contributed by atoms with E-state index in [4.69, 9.17) is 0 Å². The van der Waals surface area contributed by atoms with Crippen LogP contribution in [0.4, 0.5) is 15.8 Å². The van der Waals surface area contributed by atoms with Crippen LogP contribution in [0.3, 0.4) is 0 Å². The summed E-state index contributed by atoms with van der Waals surface area (Å²) in [5, 5.41) is 6.41. The standard InChI is InChI=1S/C16H20FN3S/c1-11(15-10-21-12(2)19-15)18-13-5-6-16(14(17)9-13)20-7-3-4-8-20/h5-6,9-11,18H,3-4,7-8H2,1-2H3. The zero-order valence-corrected chi connectivity index (χ0v) is 13.2. The van der Waals surface area contributed by atoms with E-state index in [1.54, 1.807) is 17.4 Å². The molecule has 112 valence electrons. The maximum atomic E-state index is 14.3. The maximum absolute atomic E-state index is 14.3. The monoisotopic (exact) mass is 305 g/mol. The molecule has 1 aliphatic rings. The Bertz CT molecular complexity index is 620. The van der Waals surface area contributed by atoms with Crippen molar-refractivity contribution >= 4 is 22.7 Å². The number of anilines is 2. The normalized spacial score (nSPS) is 16.2. The lowest BCUT2D eigenvalue weighted by molar-refractivity contribution is 0.623. The van der Waals surface area contributed by atoms with E-state index < -0.39 is 0 Å². The lowest BCUT2D eigenvalue weighted by Gasteiger charge is -2.20. The topological polar surface area (TPSA) is 28.2 Å². The van der Waals surface area contributed by atoms with Crippen LogP contribution in [-0.2, 0) is 0 Å². The minimum Gasteiger partial charge on any atom is -0.377 e. The summed E-state index contributed by atoms with van der Waals surface area (Å²) in [6.45, 7) is 5.95. The van der Waals surface area contributed by atoms with E-state index in [1.807, 2.05) is 31.4 Å². The molecule has 1 N–H and O–H groups in total. The van der Waals surface area contributed by atoms with Crippen LogP contribution in [0.2, 0.25) is 0 Å². The number of halogens is 1. The van der Waals surface area contributed by atoms with E-state index in [2.05, 4.69) is 15.2 Å². The summed E-state index contributed by atoms with van der Waals surface area (Å²) in [6.07, 6.45) is 2.30. The van der Waals surface area contributed by atoms with Gasteiger partial charge in [-0.05, 0) is 44.9 Å². The van der Waals surface area contributed by atoms with Crippen molar-refractivity contribution in [1.29, 1.82) is 0 Å². The van der Waals surface area contributed by atoms with Crippen molar-refractivity contribution in [3.8, 4) is 0 Å². The molecule has 1 atom stereocenters. The van der Waals surface area contributed by atoms with Crippen molar-refractivity contribution in [2.45, 2.75) is 32.7 Å². The minimum atomic E-state index is -0.149. The van der Waals surface area contributed by atoms with E-state index in [1.165, 1.54) is 0 Å². The van der Waals surface area contributed by atoms with Crippen LogP contribution >= 0.6 is 11.3 Å². The third-order valence-corrected chi connectivity index (χ3v) is 4.65. The number of benzene rings is 1. The highest BCUT2D eigenvalue weighted by Crippen LogP contribution is 2.28. The van der Waals surface area contributed by atoms with E-state index in [0.717, 1.165) is 48.0 Å². The molecular weight excluding hydrogens is 285 g/mol. The van der Waals surface area contributed by atoms with Gasteiger partial charge in [0.15, 0.2) is 0 Å². The van der Waals surface area contributed by atoms with Crippen molar-refractivity contribution < 1.29 is 4.39 Å². The molecule has 1 aromatic heterocycles. The summed E-state index contributed by atoms with van der Waals surface area (Å²) < 4.78 is 14.3. The molecule has 1 fully saturated rings. The van der Waals surface area contributed by atoms with Crippen LogP contribution in [0.5, 0.6) is 0 Å². The molecule has 1 aliphatic heterocycles. The highest BCUT2D eigenvalue weighted by atomic mass is 32.1. The van der Waals surface area contributed by atoms with Crippen LogP contribution in [0.25, 0.3) is 0 Å². The van der Waals surface area contributed by atoms with Gasteiger partial charge in [0.05, 0.1) is 22.4 Å². The molecular formula is C16H20FN3S. The summed E-state index contributed by atoms with van der Waals surface area (Å²) >= 11 is 1.63. The van der Waals surface area contributed by atoms with Gasteiger partial charge in [-0.2, -0.15) is 0 Å². The van der Waals surface area contributed by atoms with E-state index in [-0.39, 0.29) is 11.9 Å². The van der Waals surface area contributed by atoms with Gasteiger partial charge < -0.3 is 10.2 Å². The van der Waals surface area contributed by atoms with Crippen LogP contribution < -0.4 is 10.2 Å². The first-order valence-corrected chi connectivity index (χ1v) is 8.24. The third kappa shape index (κ3) is 3.18. The maximum Gasteiger partial charge on any atom is 0.148 e. The molecule has 5 heteroatoms. The van der Waals surface area contributed by atoms with Crippen LogP contribution in [-0.4, -0.2) is 18.1 Å². The Hall–Kier alpha value is -1.62. The Labute approximate surface area is 128 Å². The second-order valence-corrected chi connectivity index (χ2v) is 6.58. The smallest absolute Gasteiger partial charge is 0.148 e. The van der Waals surface area contributed by atoms with Gasteiger partial charge in [-0.3, -0.25) is 0 Å². The molecule has 2 heterocycles. The molecule has 21 heavy (non-hydrogen) atoms. The van der Waals surface area contributed by atoms with Gasteiger partial charge in [0.1, 0.15) is 5.82 Å². The van der Waals surface area contributed by atoms with Crippen molar-refractivity contribution in [3.63, 3.8) is 0 Å². The van der Waals surface area contributed by atoms with Crippen molar-refractivity contribution in [3.05, 3.63) is 40.1 Å². The minimum absolute atomic E-state index is 0.0759. The lowest BCUT2D eigenvalue weighted by Crippen LogP contribution is -2.19. The predicted octanol–water partition coefficient (Wildman–Crippen LogP) is 4.36. The second-order valence-electron chi connectivity index (χ2n) is 5.52. The van der Waals surface area contributed by atoms with Crippen LogP contribution in [0.1, 0.15) is 36.5 Å². The highest BCUT2D eigenvalue weighted by Gasteiger charge is 2.17. The van der Waals surface area contributed by atoms with E-state index in [9.17, 15) is 4.39 Å². The molecule has 1 unspecified atom stereocenters. The van der Waals surface area contributed by atoms with Crippen molar-refractivity contribution in [2.75, 3.05) is 23.3 Å². The van der Waals surface area contributed by atoms with Gasteiger partial charge in [0.25, 0.3) is 0 Å². The quantitative estimate of drug-likeness (QED) is 0.909. The van der Waals surface area contributed by atoms with Gasteiger partial charge in [0, 0.05) is 24.2 Å². The van der Waals surface area contributed by atoms with Crippen molar-refractivity contribution in [1.82, 2.24) is 4.98 Å². The first kappa shape index (κ1) is 14.3. The second kappa shape index (κ2) is 6.02. The molecule has 1 saturated heterocycles. The number of thiazole rings is 1. The van der Waals surface area contributed by atoms with Crippen LogP contribution in [0.15, 0.2) is 23.6 Å². The summed E-state index contributed by atoms with van der Waals surface area (Å²) in [5.74, 6) is -0.149. The molecule has 0 aliphatic carbocycles. The molecule has 0 radical (unpaired) electrons. The van der Waals surface area contributed by atoms with E-state index in [0.29, 0.717) is 0 Å². The lowest BCUT2D eigenvalue weighted by atomic mass is 10.2. The molecule has 2 aromatic rings. The number of aryl methyl sites for hydroxylation is 1. The first-order chi connectivity index (χ1) is 10.1. The Balaban J connectivity index is 1.72. The molecule has 0 spiro atoms. The summed E-state index contributed by atoms with van der Waals surface area (Å²) in [7, 11) is 0. The molecule has 3 rings (SSSR count). The average molecular weight is 305 g/mol. The zero-order valence-electron chi connectivity index (χ0n) is 12.4. The SMILES string of the molecule is Cc1nc(C(C)Nc2ccc(N3CCCC3)c(F)c2)cs1. The number of nitrogens with one attached hydrogen (secondary N) is 1. The fourth-order valence-corrected chi connectivity index (χ4v) is 3.42. The molecule has 1 aromatic carbocycles. The number of nitrogens with zero attached hydrogens (tertiary/aromatic N) is 2. The number of hydrogen-bond acceptors (Lipinski definition) is 4. The summed E-state index contributed by atoms with van der Waals surface area (Å²) in [4.78, 5) is 6.58. The summed E-state index contributed by atoms with van der Waals surface area (Å²) in [5.41, 5.74) is 2.52. The number of aromatic nitrogens is 1. The van der Waals surface area contributed by atoms with Gasteiger partial charge in [-0.15, -0.1) is 11.3 Å². The van der Waals surface area contributed by atoms with Gasteiger partial charge >= 0.3 is 0 Å². The molecule has 0 saturated carbocycles. The van der Waals surface area contributed by atoms with E-state index >= 15 is 0 Å². The Morgan fingerprint density at radius 3 is 2.71 bits per heavy atom. The predicted molar refractivity (Wildman–Crippen MR) is 86.7 cm³/mol. The van der Waals surface area contributed by atoms with Crippen LogP contribution in [0, 0.1) is 12.7 Å². The first-order valence-electron chi connectivity index (χ1n) is 7.36. The zero-order chi connectivity index (χ0) is 14.8. The summed E-state index contributed by atoms with van der Waals surface area (Å²) in [6, 6.07) is 5.49. The highest BCUT2D eigenvalue weighted by molar-refractivity contribution is 7.09. The average Bonchev–Trinajstić information content (AvgIpc) is 3.10.